The summed E-state index contributed by atoms with van der Waals surface area (Å²) in [6.45, 7) is 4.20. The van der Waals surface area contributed by atoms with Crippen LogP contribution in [-0.2, 0) is 11.3 Å². The third-order valence-electron chi connectivity index (χ3n) is 3.14. The van der Waals surface area contributed by atoms with Crippen molar-refractivity contribution < 1.29 is 9.53 Å². The Kier molecular flexibility index (Phi) is 4.30. The summed E-state index contributed by atoms with van der Waals surface area (Å²) in [4.78, 5) is 12.0. The van der Waals surface area contributed by atoms with Gasteiger partial charge in [-0.15, -0.1) is 0 Å². The first-order valence-corrected chi connectivity index (χ1v) is 6.64. The van der Waals surface area contributed by atoms with E-state index in [4.69, 9.17) is 22.1 Å². The van der Waals surface area contributed by atoms with Crippen LogP contribution in [0.1, 0.15) is 27.0 Å². The molecule has 2 aromatic rings. The summed E-state index contributed by atoms with van der Waals surface area (Å²) in [5.41, 5.74) is 9.52. The minimum absolute atomic E-state index is 0.221. The highest BCUT2D eigenvalue weighted by Crippen LogP contribution is 2.23. The van der Waals surface area contributed by atoms with E-state index in [2.05, 4.69) is 0 Å². The van der Waals surface area contributed by atoms with Crippen molar-refractivity contribution in [2.24, 2.45) is 0 Å². The van der Waals surface area contributed by atoms with Gasteiger partial charge in [-0.25, -0.2) is 4.79 Å². The molecule has 0 fully saturated rings. The summed E-state index contributed by atoms with van der Waals surface area (Å²) >= 11 is 5.89. The zero-order chi connectivity index (χ0) is 14.7. The van der Waals surface area contributed by atoms with Crippen LogP contribution in [-0.4, -0.2) is 5.97 Å². The maximum Gasteiger partial charge on any atom is 0.340 e. The predicted octanol–water partition coefficient (Wildman–Crippen LogP) is 3.90. The topological polar surface area (TPSA) is 52.3 Å². The lowest BCUT2D eigenvalue weighted by Gasteiger charge is -2.10. The van der Waals surface area contributed by atoms with Crippen LogP contribution in [0.25, 0.3) is 0 Å². The van der Waals surface area contributed by atoms with Crippen molar-refractivity contribution in [1.29, 1.82) is 0 Å². The molecule has 104 valence electrons. The van der Waals surface area contributed by atoms with Gasteiger partial charge < -0.3 is 10.5 Å². The number of aryl methyl sites for hydroxylation is 2. The quantitative estimate of drug-likeness (QED) is 0.689. The van der Waals surface area contributed by atoms with Gasteiger partial charge in [-0.05, 0) is 37.1 Å². The molecular formula is C16H16ClNO2. The average molecular weight is 290 g/mol. The third-order valence-corrected chi connectivity index (χ3v) is 3.47. The van der Waals surface area contributed by atoms with Gasteiger partial charge in [-0.1, -0.05) is 41.4 Å². The van der Waals surface area contributed by atoms with Crippen molar-refractivity contribution in [1.82, 2.24) is 0 Å². The Bertz CT molecular complexity index is 653. The second-order valence-corrected chi connectivity index (χ2v) is 5.11. The first kappa shape index (κ1) is 14.4. The van der Waals surface area contributed by atoms with Crippen LogP contribution in [0, 0.1) is 13.8 Å². The maximum absolute atomic E-state index is 12.0. The standard InChI is InChI=1S/C16H16ClNO2/c1-10-6-7-11(2)12(8-10)9-20-16(19)13-4-3-5-14(17)15(13)18/h3-8H,9,18H2,1-2H3. The number of hydrogen-bond acceptors (Lipinski definition) is 3. The number of carbonyl (C=O) groups is 1. The zero-order valence-corrected chi connectivity index (χ0v) is 12.2. The molecule has 4 heteroatoms. The van der Waals surface area contributed by atoms with E-state index in [1.807, 2.05) is 32.0 Å². The largest absolute Gasteiger partial charge is 0.457 e. The van der Waals surface area contributed by atoms with Crippen molar-refractivity contribution in [3.05, 3.63) is 63.7 Å². The van der Waals surface area contributed by atoms with Crippen LogP contribution >= 0.6 is 11.6 Å². The van der Waals surface area contributed by atoms with Gasteiger partial charge in [0.1, 0.15) is 6.61 Å². The van der Waals surface area contributed by atoms with E-state index in [1.165, 1.54) is 0 Å². The fourth-order valence-corrected chi connectivity index (χ4v) is 2.07. The second kappa shape index (κ2) is 5.97. The summed E-state index contributed by atoms with van der Waals surface area (Å²) in [6, 6.07) is 10.9. The predicted molar refractivity (Wildman–Crippen MR) is 80.9 cm³/mol. The smallest absolute Gasteiger partial charge is 0.340 e. The Balaban J connectivity index is 2.13. The minimum Gasteiger partial charge on any atom is -0.457 e. The number of rotatable bonds is 3. The molecule has 0 aliphatic carbocycles. The first-order valence-electron chi connectivity index (χ1n) is 6.26. The Morgan fingerprint density at radius 1 is 1.25 bits per heavy atom. The number of para-hydroxylation sites is 1. The first-order chi connectivity index (χ1) is 9.49. The Labute approximate surface area is 123 Å². The van der Waals surface area contributed by atoms with Crippen molar-refractivity contribution in [3.8, 4) is 0 Å². The zero-order valence-electron chi connectivity index (χ0n) is 11.4. The summed E-state index contributed by atoms with van der Waals surface area (Å²) in [6.07, 6.45) is 0. The second-order valence-electron chi connectivity index (χ2n) is 4.71. The molecule has 0 radical (unpaired) electrons. The molecule has 0 aliphatic rings. The van der Waals surface area contributed by atoms with Crippen molar-refractivity contribution >= 4 is 23.3 Å². The Morgan fingerprint density at radius 2 is 2.00 bits per heavy atom. The molecule has 0 unspecified atom stereocenters. The number of esters is 1. The highest BCUT2D eigenvalue weighted by molar-refractivity contribution is 6.33. The Morgan fingerprint density at radius 3 is 2.75 bits per heavy atom. The molecule has 0 atom stereocenters. The molecule has 0 amide bonds. The minimum atomic E-state index is -0.467. The SMILES string of the molecule is Cc1ccc(C)c(COC(=O)c2cccc(Cl)c2N)c1. The van der Waals surface area contributed by atoms with Gasteiger partial charge in [0.2, 0.25) is 0 Å². The summed E-state index contributed by atoms with van der Waals surface area (Å²) in [5.74, 6) is -0.467. The average Bonchev–Trinajstić information content (AvgIpc) is 2.42. The molecule has 20 heavy (non-hydrogen) atoms. The molecule has 2 N–H and O–H groups in total. The number of carbonyl (C=O) groups excluding carboxylic acids is 1. The molecule has 0 spiro atoms. The van der Waals surface area contributed by atoms with Gasteiger partial charge in [0.25, 0.3) is 0 Å². The molecule has 2 aromatic carbocycles. The number of anilines is 1. The van der Waals surface area contributed by atoms with E-state index in [1.54, 1.807) is 18.2 Å². The lowest BCUT2D eigenvalue weighted by Crippen LogP contribution is -2.09. The van der Waals surface area contributed by atoms with Crippen LogP contribution in [0.3, 0.4) is 0 Å². The number of ether oxygens (including phenoxy) is 1. The van der Waals surface area contributed by atoms with Gasteiger partial charge in [0.15, 0.2) is 0 Å². The molecule has 0 aromatic heterocycles. The van der Waals surface area contributed by atoms with Crippen molar-refractivity contribution in [3.63, 3.8) is 0 Å². The van der Waals surface area contributed by atoms with E-state index in [0.29, 0.717) is 10.6 Å². The highest BCUT2D eigenvalue weighted by atomic mass is 35.5. The molecule has 0 saturated carbocycles. The van der Waals surface area contributed by atoms with Crippen LogP contribution in [0.4, 0.5) is 5.69 Å². The number of nitrogen functional groups attached to an aromatic ring is 1. The molecule has 0 heterocycles. The van der Waals surface area contributed by atoms with Gasteiger partial charge >= 0.3 is 5.97 Å². The lowest BCUT2D eigenvalue weighted by atomic mass is 10.1. The normalized spacial score (nSPS) is 10.3. The number of hydrogen-bond donors (Lipinski definition) is 1. The number of nitrogens with two attached hydrogens (primary N) is 1. The van der Waals surface area contributed by atoms with E-state index in [9.17, 15) is 4.79 Å². The van der Waals surface area contributed by atoms with Crippen LogP contribution in [0.2, 0.25) is 5.02 Å². The van der Waals surface area contributed by atoms with Crippen LogP contribution in [0.5, 0.6) is 0 Å². The fourth-order valence-electron chi connectivity index (χ4n) is 1.89. The van der Waals surface area contributed by atoms with Gasteiger partial charge in [-0.2, -0.15) is 0 Å². The van der Waals surface area contributed by atoms with Gasteiger partial charge in [0.05, 0.1) is 16.3 Å². The van der Waals surface area contributed by atoms with E-state index < -0.39 is 5.97 Å². The fraction of sp³-hybridized carbons (Fsp3) is 0.188. The molecule has 0 saturated heterocycles. The number of benzene rings is 2. The summed E-state index contributed by atoms with van der Waals surface area (Å²) in [7, 11) is 0. The lowest BCUT2D eigenvalue weighted by molar-refractivity contribution is 0.0473. The molecule has 0 bridgehead atoms. The van der Waals surface area contributed by atoms with Gasteiger partial charge in [0, 0.05) is 0 Å². The molecule has 0 aliphatic heterocycles. The van der Waals surface area contributed by atoms with Crippen molar-refractivity contribution in [2.45, 2.75) is 20.5 Å². The van der Waals surface area contributed by atoms with Crippen molar-refractivity contribution in [2.75, 3.05) is 5.73 Å². The van der Waals surface area contributed by atoms with Crippen LogP contribution in [0.15, 0.2) is 36.4 Å². The molecular weight excluding hydrogens is 274 g/mol. The van der Waals surface area contributed by atoms with E-state index in [0.717, 1.165) is 16.7 Å². The molecule has 2 rings (SSSR count). The van der Waals surface area contributed by atoms with Gasteiger partial charge in [-0.3, -0.25) is 0 Å². The van der Waals surface area contributed by atoms with E-state index in [-0.39, 0.29) is 12.3 Å². The van der Waals surface area contributed by atoms with E-state index >= 15 is 0 Å². The third kappa shape index (κ3) is 3.11. The molecule has 3 nitrogen and oxygen atoms in total. The highest BCUT2D eigenvalue weighted by Gasteiger charge is 2.13. The summed E-state index contributed by atoms with van der Waals surface area (Å²) in [5, 5.41) is 0.353. The maximum atomic E-state index is 12.0. The monoisotopic (exact) mass is 289 g/mol. The number of halogens is 1. The summed E-state index contributed by atoms with van der Waals surface area (Å²) < 4.78 is 5.31. The van der Waals surface area contributed by atoms with Crippen LogP contribution < -0.4 is 5.73 Å². The Hall–Kier alpha value is -2.00.